The average Bonchev–Trinajstić information content (AvgIpc) is 2.58. The van der Waals surface area contributed by atoms with Crippen LogP contribution in [0.3, 0.4) is 0 Å². The third-order valence-corrected chi connectivity index (χ3v) is 3.41. The molecule has 0 heterocycles. The number of benzene rings is 3. The minimum absolute atomic E-state index is 0.579. The van der Waals surface area contributed by atoms with Crippen molar-refractivity contribution in [2.45, 2.75) is 0 Å². The summed E-state index contributed by atoms with van der Waals surface area (Å²) in [4.78, 5) is 3.53. The van der Waals surface area contributed by atoms with Crippen molar-refractivity contribution in [1.82, 2.24) is 0 Å². The van der Waals surface area contributed by atoms with Crippen LogP contribution in [0, 0.1) is 0 Å². The topological polar surface area (TPSA) is 36.4 Å². The highest BCUT2D eigenvalue weighted by Gasteiger charge is 2.19. The molecule has 0 fully saturated rings. The highest BCUT2D eigenvalue weighted by Crippen LogP contribution is 2.25. The van der Waals surface area contributed by atoms with Gasteiger partial charge in [-0.1, -0.05) is 66.7 Å². The molecule has 0 aliphatic heterocycles. The van der Waals surface area contributed by atoms with Gasteiger partial charge < -0.3 is 5.53 Å². The first-order valence-electron chi connectivity index (χ1n) is 6.82. The lowest BCUT2D eigenvalue weighted by molar-refractivity contribution is -0.00274. The average molecular weight is 270 g/mol. The normalized spacial score (nSPS) is 9.90. The summed E-state index contributed by atoms with van der Waals surface area (Å²) < 4.78 is 0. The van der Waals surface area contributed by atoms with Gasteiger partial charge in [0.05, 0.1) is 11.1 Å². The Hall–Kier alpha value is -2.96. The van der Waals surface area contributed by atoms with Gasteiger partial charge in [0.15, 0.2) is 0 Å². The van der Waals surface area contributed by atoms with Gasteiger partial charge in [-0.15, -0.1) is 0 Å². The fourth-order valence-electron chi connectivity index (χ4n) is 2.42. The quantitative estimate of drug-likeness (QED) is 0.384. The molecule has 2 heteroatoms. The van der Waals surface area contributed by atoms with E-state index in [9.17, 15) is 5.53 Å². The fraction of sp³-hybridized carbons (Fsp3) is 0. The maximum atomic E-state index is 9.49. The van der Waals surface area contributed by atoms with Crippen molar-refractivity contribution in [2.75, 3.05) is 0 Å². The SMILES string of the molecule is [N-]=[N+]=C(c1ccccc1)c1ccccc1-c1ccccc1. The molecular weight excluding hydrogens is 256 g/mol. The van der Waals surface area contributed by atoms with Gasteiger partial charge in [0.25, 0.3) is 0 Å². The highest BCUT2D eigenvalue weighted by atomic mass is 14.9. The van der Waals surface area contributed by atoms with E-state index in [2.05, 4.69) is 16.9 Å². The van der Waals surface area contributed by atoms with Crippen molar-refractivity contribution in [3.63, 3.8) is 0 Å². The van der Waals surface area contributed by atoms with Crippen LogP contribution in [0.1, 0.15) is 11.1 Å². The predicted molar refractivity (Wildman–Crippen MR) is 85.2 cm³/mol. The van der Waals surface area contributed by atoms with E-state index in [-0.39, 0.29) is 0 Å². The molecule has 0 unspecified atom stereocenters. The summed E-state index contributed by atoms with van der Waals surface area (Å²) in [6, 6.07) is 27.8. The van der Waals surface area contributed by atoms with Crippen LogP contribution in [0.5, 0.6) is 0 Å². The minimum Gasteiger partial charge on any atom is -0.361 e. The standard InChI is InChI=1S/C19H14N2/c20-21-19(16-11-5-2-6-12-16)18-14-8-7-13-17(18)15-9-3-1-4-10-15/h1-14H. The van der Waals surface area contributed by atoms with Crippen molar-refractivity contribution in [2.24, 2.45) is 0 Å². The second kappa shape index (κ2) is 6.00. The summed E-state index contributed by atoms with van der Waals surface area (Å²) in [7, 11) is 0. The van der Waals surface area contributed by atoms with Crippen molar-refractivity contribution >= 4 is 5.71 Å². The molecule has 0 aliphatic carbocycles. The molecule has 0 spiro atoms. The lowest BCUT2D eigenvalue weighted by Gasteiger charge is -2.06. The largest absolute Gasteiger partial charge is 0.361 e. The molecule has 0 amide bonds. The summed E-state index contributed by atoms with van der Waals surface area (Å²) >= 11 is 0. The Labute approximate surface area is 123 Å². The first kappa shape index (κ1) is 13.0. The van der Waals surface area contributed by atoms with Crippen molar-refractivity contribution in [1.29, 1.82) is 0 Å². The van der Waals surface area contributed by atoms with E-state index in [0.717, 1.165) is 22.3 Å². The second-order valence-corrected chi connectivity index (χ2v) is 4.73. The zero-order valence-corrected chi connectivity index (χ0v) is 11.5. The lowest BCUT2D eigenvalue weighted by Crippen LogP contribution is -2.06. The monoisotopic (exact) mass is 270 g/mol. The highest BCUT2D eigenvalue weighted by molar-refractivity contribution is 6.13. The van der Waals surface area contributed by atoms with Gasteiger partial charge in [-0.2, -0.15) is 4.79 Å². The van der Waals surface area contributed by atoms with E-state index < -0.39 is 0 Å². The van der Waals surface area contributed by atoms with E-state index in [1.54, 1.807) is 0 Å². The molecule has 0 aliphatic rings. The number of rotatable bonds is 3. The fourth-order valence-corrected chi connectivity index (χ4v) is 2.42. The van der Waals surface area contributed by atoms with Crippen LogP contribution >= 0.6 is 0 Å². The first-order chi connectivity index (χ1) is 10.4. The maximum absolute atomic E-state index is 9.49. The Balaban J connectivity index is 2.18. The molecular formula is C19H14N2. The Morgan fingerprint density at radius 2 is 1.24 bits per heavy atom. The predicted octanol–water partition coefficient (Wildman–Crippen LogP) is 4.42. The summed E-state index contributed by atoms with van der Waals surface area (Å²) in [6.07, 6.45) is 0. The molecule has 3 rings (SSSR count). The molecule has 0 radical (unpaired) electrons. The van der Waals surface area contributed by atoms with E-state index >= 15 is 0 Å². The minimum atomic E-state index is 0.579. The second-order valence-electron chi connectivity index (χ2n) is 4.73. The summed E-state index contributed by atoms with van der Waals surface area (Å²) in [5, 5.41) is 0. The lowest BCUT2D eigenvalue weighted by atomic mass is 9.93. The zero-order valence-electron chi connectivity index (χ0n) is 11.5. The Morgan fingerprint density at radius 3 is 1.90 bits per heavy atom. The Morgan fingerprint density at radius 1 is 0.667 bits per heavy atom. The summed E-state index contributed by atoms with van der Waals surface area (Å²) in [5.41, 5.74) is 14.0. The van der Waals surface area contributed by atoms with Gasteiger partial charge in [-0.3, -0.25) is 0 Å². The molecule has 21 heavy (non-hydrogen) atoms. The molecule has 3 aromatic rings. The summed E-state index contributed by atoms with van der Waals surface area (Å²) in [5.74, 6) is 0. The van der Waals surface area contributed by atoms with Crippen molar-refractivity contribution in [3.05, 3.63) is 102 Å². The van der Waals surface area contributed by atoms with Crippen molar-refractivity contribution < 1.29 is 4.79 Å². The third-order valence-electron chi connectivity index (χ3n) is 3.41. The molecule has 100 valence electrons. The van der Waals surface area contributed by atoms with Crippen LogP contribution in [0.25, 0.3) is 16.7 Å². The third kappa shape index (κ3) is 2.66. The molecule has 0 bridgehead atoms. The molecule has 0 aromatic heterocycles. The van der Waals surface area contributed by atoms with E-state index in [4.69, 9.17) is 0 Å². The zero-order chi connectivity index (χ0) is 14.5. The number of hydrogen-bond donors (Lipinski definition) is 0. The Bertz CT molecular complexity index is 786. The molecule has 0 N–H and O–H groups in total. The number of hydrogen-bond acceptors (Lipinski definition) is 0. The van der Waals surface area contributed by atoms with Crippen LogP contribution in [-0.4, -0.2) is 10.5 Å². The molecule has 0 atom stereocenters. The maximum Gasteiger partial charge on any atom is 0.330 e. The van der Waals surface area contributed by atoms with Gasteiger partial charge in [0.2, 0.25) is 0 Å². The first-order valence-corrected chi connectivity index (χ1v) is 6.82. The van der Waals surface area contributed by atoms with Crippen molar-refractivity contribution in [3.8, 4) is 11.1 Å². The van der Waals surface area contributed by atoms with Gasteiger partial charge in [0.1, 0.15) is 0 Å². The van der Waals surface area contributed by atoms with Crippen LogP contribution in [-0.2, 0) is 0 Å². The smallest absolute Gasteiger partial charge is 0.330 e. The Kier molecular flexibility index (Phi) is 3.72. The van der Waals surface area contributed by atoms with Gasteiger partial charge >= 0.3 is 5.71 Å². The van der Waals surface area contributed by atoms with E-state index in [0.29, 0.717) is 5.71 Å². The summed E-state index contributed by atoms with van der Waals surface area (Å²) in [6.45, 7) is 0. The number of nitrogens with zero attached hydrogens (tertiary/aromatic N) is 2. The van der Waals surface area contributed by atoms with Crippen LogP contribution < -0.4 is 0 Å². The van der Waals surface area contributed by atoms with Gasteiger partial charge in [0, 0.05) is 0 Å². The molecule has 3 aromatic carbocycles. The van der Waals surface area contributed by atoms with Crippen LogP contribution in [0.2, 0.25) is 0 Å². The van der Waals surface area contributed by atoms with Crippen LogP contribution in [0.4, 0.5) is 0 Å². The molecule has 0 saturated carbocycles. The van der Waals surface area contributed by atoms with Crippen LogP contribution in [0.15, 0.2) is 84.9 Å². The molecule has 2 nitrogen and oxygen atoms in total. The van der Waals surface area contributed by atoms with E-state index in [1.165, 1.54) is 0 Å². The van der Waals surface area contributed by atoms with E-state index in [1.807, 2.05) is 72.8 Å². The van der Waals surface area contributed by atoms with Gasteiger partial charge in [-0.25, -0.2) is 0 Å². The molecule has 0 saturated heterocycles. The van der Waals surface area contributed by atoms with Gasteiger partial charge in [-0.05, 0) is 29.3 Å².